The van der Waals surface area contributed by atoms with Crippen molar-refractivity contribution in [3.8, 4) is 0 Å². The largest absolute Gasteiger partial charge is 0.462 e. The summed E-state index contributed by atoms with van der Waals surface area (Å²) >= 11 is 1.67. The van der Waals surface area contributed by atoms with Gasteiger partial charge in [0.25, 0.3) is 5.56 Å². The standard InChI is InChI=1S/C24H28N2O3S/c1-5-29-23(28)16-8-6-7-15(11-16)13-26-14-25-21-20(22(26)27)18-10-9-17(24(2,3)4)12-19(18)30-21/h6-8,11,14,17H,5,9-10,12-13H2,1-4H3. The van der Waals surface area contributed by atoms with Crippen molar-refractivity contribution in [2.24, 2.45) is 11.3 Å². The predicted octanol–water partition coefficient (Wildman–Crippen LogP) is 4.83. The predicted molar refractivity (Wildman–Crippen MR) is 120 cm³/mol. The lowest BCUT2D eigenvalue weighted by molar-refractivity contribution is 0.0526. The zero-order valence-corrected chi connectivity index (χ0v) is 18.8. The first-order valence-corrected chi connectivity index (χ1v) is 11.3. The van der Waals surface area contributed by atoms with Crippen LogP contribution < -0.4 is 5.56 Å². The molecule has 1 aromatic carbocycles. The van der Waals surface area contributed by atoms with Gasteiger partial charge in [-0.1, -0.05) is 32.9 Å². The van der Waals surface area contributed by atoms with Crippen molar-refractivity contribution < 1.29 is 9.53 Å². The maximum atomic E-state index is 13.3. The highest BCUT2D eigenvalue weighted by Crippen LogP contribution is 2.41. The van der Waals surface area contributed by atoms with Gasteiger partial charge < -0.3 is 4.74 Å². The summed E-state index contributed by atoms with van der Waals surface area (Å²) in [4.78, 5) is 32.1. The zero-order valence-electron chi connectivity index (χ0n) is 18.0. The highest BCUT2D eigenvalue weighted by atomic mass is 32.1. The second-order valence-corrected chi connectivity index (χ2v) is 10.2. The summed E-state index contributed by atoms with van der Waals surface area (Å²) in [6.07, 6.45) is 4.71. The van der Waals surface area contributed by atoms with Gasteiger partial charge in [-0.25, -0.2) is 9.78 Å². The molecule has 158 valence electrons. The molecule has 3 aromatic rings. The number of carbonyl (C=O) groups is 1. The molecule has 2 heterocycles. The minimum atomic E-state index is -0.347. The molecule has 6 heteroatoms. The fourth-order valence-corrected chi connectivity index (χ4v) is 5.52. The Kier molecular flexibility index (Phi) is 5.53. The summed E-state index contributed by atoms with van der Waals surface area (Å²) < 4.78 is 6.73. The maximum absolute atomic E-state index is 13.3. The third-order valence-corrected chi connectivity index (χ3v) is 7.21. The van der Waals surface area contributed by atoms with Crippen molar-refractivity contribution in [2.75, 3.05) is 6.61 Å². The molecule has 0 amide bonds. The number of aromatic nitrogens is 2. The number of fused-ring (bicyclic) bond motifs is 3. The number of rotatable bonds is 4. The minimum Gasteiger partial charge on any atom is -0.462 e. The van der Waals surface area contributed by atoms with Crippen molar-refractivity contribution >= 4 is 27.5 Å². The number of hydrogen-bond donors (Lipinski definition) is 0. The molecule has 0 fully saturated rings. The van der Waals surface area contributed by atoms with E-state index in [2.05, 4.69) is 25.8 Å². The Morgan fingerprint density at radius 1 is 1.33 bits per heavy atom. The lowest BCUT2D eigenvalue weighted by Gasteiger charge is -2.33. The van der Waals surface area contributed by atoms with Crippen LogP contribution in [0.5, 0.6) is 0 Å². The van der Waals surface area contributed by atoms with Crippen LogP contribution in [0.3, 0.4) is 0 Å². The van der Waals surface area contributed by atoms with E-state index in [9.17, 15) is 9.59 Å². The van der Waals surface area contributed by atoms with Gasteiger partial charge in [0.2, 0.25) is 0 Å². The Bertz CT molecular complexity index is 1150. The topological polar surface area (TPSA) is 61.2 Å². The van der Waals surface area contributed by atoms with Crippen LogP contribution in [0.2, 0.25) is 0 Å². The lowest BCUT2D eigenvalue weighted by Crippen LogP contribution is -2.27. The fraction of sp³-hybridized carbons (Fsp3) is 0.458. The van der Waals surface area contributed by atoms with Crippen LogP contribution in [0.25, 0.3) is 10.2 Å². The summed E-state index contributed by atoms with van der Waals surface area (Å²) in [7, 11) is 0. The van der Waals surface area contributed by atoms with E-state index in [1.165, 1.54) is 10.4 Å². The molecule has 0 radical (unpaired) electrons. The van der Waals surface area contributed by atoms with Gasteiger partial charge in [-0.3, -0.25) is 9.36 Å². The highest BCUT2D eigenvalue weighted by Gasteiger charge is 2.31. The van der Waals surface area contributed by atoms with E-state index in [4.69, 9.17) is 4.74 Å². The van der Waals surface area contributed by atoms with E-state index in [-0.39, 0.29) is 16.9 Å². The molecule has 0 bridgehead atoms. The molecule has 5 nitrogen and oxygen atoms in total. The van der Waals surface area contributed by atoms with Crippen LogP contribution in [0.1, 0.15) is 60.5 Å². The molecule has 1 unspecified atom stereocenters. The average molecular weight is 425 g/mol. The first kappa shape index (κ1) is 20.8. The van der Waals surface area contributed by atoms with E-state index >= 15 is 0 Å². The first-order valence-electron chi connectivity index (χ1n) is 10.5. The molecule has 0 N–H and O–H groups in total. The van der Waals surface area contributed by atoms with Crippen LogP contribution in [-0.4, -0.2) is 22.1 Å². The second-order valence-electron chi connectivity index (χ2n) is 9.09. The third kappa shape index (κ3) is 3.93. The number of nitrogens with zero attached hydrogens (tertiary/aromatic N) is 2. The van der Waals surface area contributed by atoms with Gasteiger partial charge in [0.15, 0.2) is 0 Å². The average Bonchev–Trinajstić information content (AvgIpc) is 3.08. The Morgan fingerprint density at radius 3 is 2.87 bits per heavy atom. The maximum Gasteiger partial charge on any atom is 0.338 e. The smallest absolute Gasteiger partial charge is 0.338 e. The molecule has 1 aliphatic carbocycles. The number of thiophene rings is 1. The van der Waals surface area contributed by atoms with Gasteiger partial charge in [-0.05, 0) is 60.8 Å². The van der Waals surface area contributed by atoms with Gasteiger partial charge in [0.05, 0.1) is 30.4 Å². The van der Waals surface area contributed by atoms with Crippen LogP contribution in [0.4, 0.5) is 0 Å². The number of aryl methyl sites for hydroxylation is 1. The molecule has 0 saturated carbocycles. The van der Waals surface area contributed by atoms with E-state index in [1.54, 1.807) is 41.3 Å². The fourth-order valence-electron chi connectivity index (χ4n) is 4.26. The lowest BCUT2D eigenvalue weighted by atomic mass is 9.72. The summed E-state index contributed by atoms with van der Waals surface area (Å²) in [5.74, 6) is 0.284. The van der Waals surface area contributed by atoms with Gasteiger partial charge in [-0.15, -0.1) is 11.3 Å². The van der Waals surface area contributed by atoms with Gasteiger partial charge in [-0.2, -0.15) is 0 Å². The summed E-state index contributed by atoms with van der Waals surface area (Å²) in [6.45, 7) is 9.39. The van der Waals surface area contributed by atoms with Crippen LogP contribution >= 0.6 is 11.3 Å². The zero-order chi connectivity index (χ0) is 21.5. The number of esters is 1. The van der Waals surface area contributed by atoms with Crippen molar-refractivity contribution in [1.29, 1.82) is 0 Å². The molecule has 4 rings (SSSR count). The van der Waals surface area contributed by atoms with E-state index in [1.807, 2.05) is 12.1 Å². The quantitative estimate of drug-likeness (QED) is 0.563. The van der Waals surface area contributed by atoms with Crippen molar-refractivity contribution in [1.82, 2.24) is 9.55 Å². The van der Waals surface area contributed by atoms with E-state index < -0.39 is 0 Å². The minimum absolute atomic E-state index is 0.00764. The SMILES string of the molecule is CCOC(=O)c1cccc(Cn2cnc3sc4c(c3c2=O)CCC(C(C)(C)C)C4)c1. The molecule has 1 atom stereocenters. The van der Waals surface area contributed by atoms with E-state index in [0.29, 0.717) is 24.6 Å². The molecule has 0 aliphatic heterocycles. The number of carbonyl (C=O) groups excluding carboxylic acids is 1. The molecular weight excluding hydrogens is 396 g/mol. The normalized spacial score (nSPS) is 16.5. The van der Waals surface area contributed by atoms with Crippen LogP contribution in [0.15, 0.2) is 35.4 Å². The van der Waals surface area contributed by atoms with E-state index in [0.717, 1.165) is 35.0 Å². The molecule has 1 aliphatic rings. The Balaban J connectivity index is 1.66. The third-order valence-electron chi connectivity index (χ3n) is 6.05. The Labute approximate surface area is 180 Å². The Morgan fingerprint density at radius 2 is 2.13 bits per heavy atom. The number of hydrogen-bond acceptors (Lipinski definition) is 5. The molecule has 0 saturated heterocycles. The summed E-state index contributed by atoms with van der Waals surface area (Å²) in [5, 5.41) is 0.784. The summed E-state index contributed by atoms with van der Waals surface area (Å²) in [6, 6.07) is 7.24. The monoisotopic (exact) mass is 424 g/mol. The second kappa shape index (κ2) is 7.99. The van der Waals surface area contributed by atoms with Gasteiger partial charge >= 0.3 is 5.97 Å². The van der Waals surface area contributed by atoms with Crippen molar-refractivity contribution in [3.63, 3.8) is 0 Å². The van der Waals surface area contributed by atoms with Crippen molar-refractivity contribution in [2.45, 2.75) is 53.5 Å². The highest BCUT2D eigenvalue weighted by molar-refractivity contribution is 7.18. The first-order chi connectivity index (χ1) is 14.3. The molecular formula is C24H28N2O3S. The van der Waals surface area contributed by atoms with Crippen molar-refractivity contribution in [3.05, 3.63) is 62.5 Å². The number of ether oxygens (including phenoxy) is 1. The van der Waals surface area contributed by atoms with Crippen LogP contribution in [0, 0.1) is 11.3 Å². The summed E-state index contributed by atoms with van der Waals surface area (Å²) in [5.41, 5.74) is 2.85. The number of benzene rings is 1. The molecule has 2 aromatic heterocycles. The van der Waals surface area contributed by atoms with Crippen LogP contribution in [-0.2, 0) is 24.1 Å². The molecule has 30 heavy (non-hydrogen) atoms. The van der Waals surface area contributed by atoms with Gasteiger partial charge in [0.1, 0.15) is 4.83 Å². The molecule has 0 spiro atoms. The van der Waals surface area contributed by atoms with Gasteiger partial charge in [0, 0.05) is 4.88 Å². The Hall–Kier alpha value is -2.47.